The third kappa shape index (κ3) is 2.51. The third-order valence-corrected chi connectivity index (χ3v) is 5.25. The lowest BCUT2D eigenvalue weighted by molar-refractivity contribution is 0.494. The maximum atomic E-state index is 6.06. The van der Waals surface area contributed by atoms with Crippen LogP contribution in [0.1, 0.15) is 24.6 Å². The molecule has 0 bridgehead atoms. The van der Waals surface area contributed by atoms with Crippen LogP contribution in [0.2, 0.25) is 5.02 Å². The molecule has 0 amide bonds. The first-order valence-electron chi connectivity index (χ1n) is 7.10. The average Bonchev–Trinajstić information content (AvgIpc) is 3.16. The summed E-state index contributed by atoms with van der Waals surface area (Å²) in [6, 6.07) is 5.88. The number of piperidine rings is 1. The van der Waals surface area contributed by atoms with E-state index in [-0.39, 0.29) is 0 Å². The number of imidazole rings is 1. The van der Waals surface area contributed by atoms with E-state index >= 15 is 0 Å². The number of nitrogens with zero attached hydrogens (tertiary/aromatic N) is 3. The van der Waals surface area contributed by atoms with E-state index in [4.69, 9.17) is 16.6 Å². The molecule has 3 heterocycles. The van der Waals surface area contributed by atoms with Crippen molar-refractivity contribution in [2.24, 2.45) is 0 Å². The molecule has 4 rings (SSSR count). The number of benzene rings is 1. The number of nitrogens with one attached hydrogen (secondary N) is 1. The van der Waals surface area contributed by atoms with Crippen molar-refractivity contribution in [3.63, 3.8) is 0 Å². The van der Waals surface area contributed by atoms with Gasteiger partial charge in [0.05, 0.1) is 10.2 Å². The first-order chi connectivity index (χ1) is 10.3. The molecule has 4 nitrogen and oxygen atoms in total. The molecule has 1 aromatic carbocycles. The number of fused-ring (bicyclic) bond motifs is 1. The Kier molecular flexibility index (Phi) is 3.31. The monoisotopic (exact) mass is 318 g/mol. The second kappa shape index (κ2) is 5.31. The van der Waals surface area contributed by atoms with E-state index < -0.39 is 0 Å². The molecule has 108 valence electrons. The Balaban J connectivity index is 1.62. The summed E-state index contributed by atoms with van der Waals surface area (Å²) < 4.78 is 1.15. The maximum absolute atomic E-state index is 6.06. The standard InChI is InChI=1S/C15H15ClN4S/c16-11-3-4-12-13(8-11)21-15(19-12)20-7-1-2-10(9-20)14-17-5-6-18-14/h3-6,8,10H,1-2,7,9H2,(H,17,18). The summed E-state index contributed by atoms with van der Waals surface area (Å²) in [5.41, 5.74) is 1.03. The summed E-state index contributed by atoms with van der Waals surface area (Å²) in [5, 5.41) is 1.85. The van der Waals surface area contributed by atoms with Crippen molar-refractivity contribution in [2.75, 3.05) is 18.0 Å². The number of rotatable bonds is 2. The highest BCUT2D eigenvalue weighted by Gasteiger charge is 2.24. The molecule has 0 spiro atoms. The fourth-order valence-corrected chi connectivity index (χ4v) is 4.17. The molecule has 21 heavy (non-hydrogen) atoms. The number of H-pyrrole nitrogens is 1. The minimum Gasteiger partial charge on any atom is -0.348 e. The van der Waals surface area contributed by atoms with Gasteiger partial charge in [0.25, 0.3) is 0 Å². The van der Waals surface area contributed by atoms with Crippen LogP contribution in [0.3, 0.4) is 0 Å². The fraction of sp³-hybridized carbons (Fsp3) is 0.333. The molecular formula is C15H15ClN4S. The van der Waals surface area contributed by atoms with E-state index in [9.17, 15) is 0 Å². The van der Waals surface area contributed by atoms with Crippen molar-refractivity contribution in [3.8, 4) is 0 Å². The predicted molar refractivity (Wildman–Crippen MR) is 87.4 cm³/mol. The number of anilines is 1. The number of hydrogen-bond donors (Lipinski definition) is 1. The quantitative estimate of drug-likeness (QED) is 0.775. The van der Waals surface area contributed by atoms with Crippen LogP contribution in [0.25, 0.3) is 10.2 Å². The SMILES string of the molecule is Clc1ccc2nc(N3CCCC(c4ncc[nH]4)C3)sc2c1. The second-order valence-electron chi connectivity index (χ2n) is 5.37. The summed E-state index contributed by atoms with van der Waals surface area (Å²) in [6.45, 7) is 2.03. The molecule has 1 aliphatic heterocycles. The maximum Gasteiger partial charge on any atom is 0.186 e. The van der Waals surface area contributed by atoms with Gasteiger partial charge in [0, 0.05) is 36.4 Å². The highest BCUT2D eigenvalue weighted by atomic mass is 35.5. The Labute approximate surface area is 131 Å². The molecule has 1 aliphatic rings. The highest BCUT2D eigenvalue weighted by molar-refractivity contribution is 7.22. The molecule has 1 fully saturated rings. The van der Waals surface area contributed by atoms with Gasteiger partial charge in [0.15, 0.2) is 5.13 Å². The predicted octanol–water partition coefficient (Wildman–Crippen LogP) is 4.06. The Morgan fingerprint density at radius 2 is 2.33 bits per heavy atom. The Morgan fingerprint density at radius 3 is 3.19 bits per heavy atom. The van der Waals surface area contributed by atoms with Crippen LogP contribution in [0, 0.1) is 0 Å². The lowest BCUT2D eigenvalue weighted by atomic mass is 9.98. The van der Waals surface area contributed by atoms with E-state index in [0.29, 0.717) is 5.92 Å². The van der Waals surface area contributed by atoms with E-state index in [0.717, 1.165) is 39.3 Å². The van der Waals surface area contributed by atoms with Gasteiger partial charge in [-0.05, 0) is 31.0 Å². The summed E-state index contributed by atoms with van der Waals surface area (Å²) in [6.07, 6.45) is 6.07. The van der Waals surface area contributed by atoms with Crippen molar-refractivity contribution >= 4 is 38.3 Å². The molecule has 0 radical (unpaired) electrons. The average molecular weight is 319 g/mol. The Hall–Kier alpha value is -1.59. The van der Waals surface area contributed by atoms with Gasteiger partial charge in [-0.15, -0.1) is 0 Å². The smallest absolute Gasteiger partial charge is 0.186 e. The molecule has 1 N–H and O–H groups in total. The van der Waals surface area contributed by atoms with Crippen LogP contribution in [0.4, 0.5) is 5.13 Å². The summed E-state index contributed by atoms with van der Waals surface area (Å²) in [4.78, 5) is 14.8. The van der Waals surface area contributed by atoms with Crippen molar-refractivity contribution < 1.29 is 0 Å². The molecule has 1 unspecified atom stereocenters. The van der Waals surface area contributed by atoms with Crippen LogP contribution in [0.15, 0.2) is 30.6 Å². The molecule has 3 aromatic rings. The number of thiazole rings is 1. The van der Waals surface area contributed by atoms with Gasteiger partial charge >= 0.3 is 0 Å². The molecular weight excluding hydrogens is 304 g/mol. The van der Waals surface area contributed by atoms with Gasteiger partial charge in [-0.1, -0.05) is 22.9 Å². The van der Waals surface area contributed by atoms with Crippen molar-refractivity contribution in [3.05, 3.63) is 41.4 Å². The van der Waals surface area contributed by atoms with E-state index in [1.165, 1.54) is 12.8 Å². The van der Waals surface area contributed by atoms with Gasteiger partial charge in [-0.3, -0.25) is 0 Å². The molecule has 0 aliphatic carbocycles. The summed E-state index contributed by atoms with van der Waals surface area (Å²) in [5.74, 6) is 1.55. The fourth-order valence-electron chi connectivity index (χ4n) is 2.90. The van der Waals surface area contributed by atoms with E-state index in [1.54, 1.807) is 11.3 Å². The van der Waals surface area contributed by atoms with Crippen LogP contribution in [-0.4, -0.2) is 28.0 Å². The van der Waals surface area contributed by atoms with Crippen LogP contribution >= 0.6 is 22.9 Å². The van der Waals surface area contributed by atoms with Crippen molar-refractivity contribution in [1.82, 2.24) is 15.0 Å². The van der Waals surface area contributed by atoms with Crippen LogP contribution in [0.5, 0.6) is 0 Å². The van der Waals surface area contributed by atoms with Gasteiger partial charge in [0.2, 0.25) is 0 Å². The largest absolute Gasteiger partial charge is 0.348 e. The molecule has 1 atom stereocenters. The Morgan fingerprint density at radius 1 is 1.38 bits per heavy atom. The number of aromatic amines is 1. The van der Waals surface area contributed by atoms with E-state index in [1.807, 2.05) is 30.6 Å². The normalized spacial score (nSPS) is 19.3. The van der Waals surface area contributed by atoms with Gasteiger partial charge in [-0.2, -0.15) is 0 Å². The Bertz CT molecular complexity index is 752. The minimum atomic E-state index is 0.462. The molecule has 1 saturated heterocycles. The summed E-state index contributed by atoms with van der Waals surface area (Å²) in [7, 11) is 0. The zero-order chi connectivity index (χ0) is 14.2. The first-order valence-corrected chi connectivity index (χ1v) is 8.29. The van der Waals surface area contributed by atoms with Crippen LogP contribution < -0.4 is 4.90 Å². The molecule has 0 saturated carbocycles. The van der Waals surface area contributed by atoms with E-state index in [2.05, 4.69) is 14.9 Å². The van der Waals surface area contributed by atoms with Gasteiger partial charge in [-0.25, -0.2) is 9.97 Å². The zero-order valence-corrected chi connectivity index (χ0v) is 13.0. The minimum absolute atomic E-state index is 0.462. The molecule has 2 aromatic heterocycles. The third-order valence-electron chi connectivity index (χ3n) is 3.94. The second-order valence-corrected chi connectivity index (χ2v) is 6.81. The lowest BCUT2D eigenvalue weighted by Gasteiger charge is -2.31. The highest BCUT2D eigenvalue weighted by Crippen LogP contribution is 2.34. The van der Waals surface area contributed by atoms with Crippen LogP contribution in [-0.2, 0) is 0 Å². The van der Waals surface area contributed by atoms with Crippen molar-refractivity contribution in [2.45, 2.75) is 18.8 Å². The van der Waals surface area contributed by atoms with Gasteiger partial charge in [0.1, 0.15) is 5.82 Å². The number of hydrogen-bond acceptors (Lipinski definition) is 4. The topological polar surface area (TPSA) is 44.8 Å². The number of halogens is 1. The lowest BCUT2D eigenvalue weighted by Crippen LogP contribution is -2.34. The van der Waals surface area contributed by atoms with Gasteiger partial charge < -0.3 is 9.88 Å². The van der Waals surface area contributed by atoms with Crippen molar-refractivity contribution in [1.29, 1.82) is 0 Å². The number of aromatic nitrogens is 3. The zero-order valence-electron chi connectivity index (χ0n) is 11.4. The summed E-state index contributed by atoms with van der Waals surface area (Å²) >= 11 is 7.77. The molecule has 6 heteroatoms. The first kappa shape index (κ1) is 13.1.